The van der Waals surface area contributed by atoms with Crippen LogP contribution in [0.1, 0.15) is 55.3 Å². The minimum Gasteiger partial charge on any atom is -0.500 e. The van der Waals surface area contributed by atoms with Crippen molar-refractivity contribution in [1.82, 2.24) is 10.2 Å². The van der Waals surface area contributed by atoms with Gasteiger partial charge in [-0.2, -0.15) is 0 Å². The molecule has 1 amide bonds. The van der Waals surface area contributed by atoms with Crippen LogP contribution in [0.4, 0.5) is 0 Å². The van der Waals surface area contributed by atoms with Gasteiger partial charge in [-0.1, -0.05) is 33.8 Å². The van der Waals surface area contributed by atoms with Crippen LogP contribution in [0, 0.1) is 5.41 Å². The Hall–Kier alpha value is -1.29. The fourth-order valence-electron chi connectivity index (χ4n) is 2.67. The molecule has 4 heteroatoms. The number of methoxy groups -OCH3 is 1. The summed E-state index contributed by atoms with van der Waals surface area (Å²) in [5, 5.41) is 2.92. The van der Waals surface area contributed by atoms with Crippen molar-refractivity contribution in [2.75, 3.05) is 20.2 Å². The summed E-state index contributed by atoms with van der Waals surface area (Å²) in [6, 6.07) is 0. The molecule has 0 aliphatic carbocycles. The molecule has 0 aromatic carbocycles. The Kier molecular flexibility index (Phi) is 6.24. The fourth-order valence-corrected chi connectivity index (χ4v) is 2.67. The summed E-state index contributed by atoms with van der Waals surface area (Å²) in [7, 11) is 1.64. The van der Waals surface area contributed by atoms with Gasteiger partial charge in [-0.25, -0.2) is 0 Å². The van der Waals surface area contributed by atoms with Crippen molar-refractivity contribution in [3.63, 3.8) is 0 Å². The number of hydrogen-bond acceptors (Lipinski definition) is 3. The number of ether oxygens (including phenoxy) is 1. The van der Waals surface area contributed by atoms with Gasteiger partial charge in [0.25, 0.3) is 0 Å². The zero-order chi connectivity index (χ0) is 17.0. The first-order valence-electron chi connectivity index (χ1n) is 8.10. The molecule has 1 fully saturated rings. The van der Waals surface area contributed by atoms with Gasteiger partial charge < -0.3 is 10.1 Å². The van der Waals surface area contributed by atoms with E-state index in [-0.39, 0.29) is 12.7 Å². The van der Waals surface area contributed by atoms with Crippen LogP contribution in [0.15, 0.2) is 24.1 Å². The summed E-state index contributed by atoms with van der Waals surface area (Å²) in [5.41, 5.74) is -0.0707. The van der Waals surface area contributed by atoms with Crippen molar-refractivity contribution in [3.05, 3.63) is 24.1 Å². The number of carbonyl (C=O) groups is 1. The highest BCUT2D eigenvalue weighted by atomic mass is 16.5. The normalized spacial score (nSPS) is 18.0. The molecule has 128 valence electrons. The molecule has 1 N–H and O–H groups in total. The van der Waals surface area contributed by atoms with Gasteiger partial charge in [0.05, 0.1) is 12.6 Å². The number of nitrogens with one attached hydrogen (secondary N) is 1. The maximum absolute atomic E-state index is 12.6. The summed E-state index contributed by atoms with van der Waals surface area (Å²) < 4.78 is 5.41. The molecule has 1 rings (SSSR count). The molecule has 1 aliphatic rings. The molecular formula is C18H34N2O2. The molecule has 0 bridgehead atoms. The van der Waals surface area contributed by atoms with Gasteiger partial charge in [0, 0.05) is 12.5 Å². The molecule has 0 radical (unpaired) electrons. The lowest BCUT2D eigenvalue weighted by atomic mass is 9.93. The Bertz CT molecular complexity index is 444. The number of allylic oxidation sites excluding steroid dienone is 2. The van der Waals surface area contributed by atoms with Gasteiger partial charge in [-0.3, -0.25) is 9.69 Å². The van der Waals surface area contributed by atoms with E-state index in [2.05, 4.69) is 37.6 Å². The second kappa shape index (κ2) is 7.32. The molecule has 1 saturated heterocycles. The summed E-state index contributed by atoms with van der Waals surface area (Å²) in [6.45, 7) is 16.1. The van der Waals surface area contributed by atoms with E-state index in [0.717, 1.165) is 31.7 Å². The molecule has 0 atom stereocenters. The molecular weight excluding hydrogens is 276 g/mol. The number of nitrogens with zero attached hydrogens (tertiary/aromatic N) is 1. The molecule has 1 heterocycles. The van der Waals surface area contributed by atoms with Crippen molar-refractivity contribution >= 4 is 5.91 Å². The number of hydrogen-bond donors (Lipinski definition) is 1. The van der Waals surface area contributed by atoms with Crippen LogP contribution < -0.4 is 5.32 Å². The Balaban J connectivity index is 0.00000484. The van der Waals surface area contributed by atoms with Crippen LogP contribution in [-0.4, -0.2) is 36.5 Å². The second-order valence-corrected chi connectivity index (χ2v) is 7.55. The number of rotatable bonds is 5. The number of amides is 1. The topological polar surface area (TPSA) is 41.6 Å². The lowest BCUT2D eigenvalue weighted by Crippen LogP contribution is -2.56. The van der Waals surface area contributed by atoms with Gasteiger partial charge in [0.15, 0.2) is 0 Å². The quantitative estimate of drug-likeness (QED) is 0.622. The molecule has 0 saturated carbocycles. The van der Waals surface area contributed by atoms with Gasteiger partial charge in [-0.05, 0) is 45.9 Å². The third-order valence-electron chi connectivity index (χ3n) is 4.24. The average molecular weight is 310 g/mol. The van der Waals surface area contributed by atoms with Crippen molar-refractivity contribution in [2.45, 2.75) is 59.4 Å². The van der Waals surface area contributed by atoms with Crippen molar-refractivity contribution in [3.8, 4) is 0 Å². The van der Waals surface area contributed by atoms with E-state index < -0.39 is 5.54 Å². The van der Waals surface area contributed by atoms with Crippen LogP contribution in [0.5, 0.6) is 0 Å². The predicted octanol–water partition coefficient (Wildman–Crippen LogP) is 3.70. The molecule has 22 heavy (non-hydrogen) atoms. The first kappa shape index (κ1) is 18.8. The Morgan fingerprint density at radius 3 is 2.18 bits per heavy atom. The van der Waals surface area contributed by atoms with E-state index in [4.69, 9.17) is 4.74 Å². The lowest BCUT2D eigenvalue weighted by molar-refractivity contribution is -0.131. The Labute approximate surface area is 137 Å². The van der Waals surface area contributed by atoms with E-state index in [9.17, 15) is 4.79 Å². The van der Waals surface area contributed by atoms with E-state index in [1.807, 2.05) is 19.9 Å². The number of carbonyl (C=O) groups excluding carboxylic acids is 1. The third-order valence-corrected chi connectivity index (χ3v) is 4.24. The zero-order valence-corrected chi connectivity index (χ0v) is 15.1. The van der Waals surface area contributed by atoms with Crippen LogP contribution in [0.25, 0.3) is 0 Å². The van der Waals surface area contributed by atoms with E-state index in [0.29, 0.717) is 5.70 Å². The standard InChI is InChI=1S/C18H32N2O2.H2/c1-14(13-15(22-7)17(2,3)4)19-16(21)18(5,6)20-11-9-8-10-12-20;/h13H,1,8-12H2,2-7H3,(H,19,21);1H/b15-13-;. The van der Waals surface area contributed by atoms with Crippen molar-refractivity contribution < 1.29 is 11.0 Å². The highest BCUT2D eigenvalue weighted by Gasteiger charge is 2.35. The minimum absolute atomic E-state index is 0. The highest BCUT2D eigenvalue weighted by molar-refractivity contribution is 5.87. The summed E-state index contributed by atoms with van der Waals surface area (Å²) in [6.07, 6.45) is 5.39. The molecule has 0 spiro atoms. The second-order valence-electron chi connectivity index (χ2n) is 7.55. The third kappa shape index (κ3) is 4.87. The SMILES string of the molecule is C=C(/C=C(\OC)C(C)(C)C)NC(=O)C(C)(C)N1CCCCC1.[HH]. The summed E-state index contributed by atoms with van der Waals surface area (Å²) in [5.74, 6) is 0.786. The van der Waals surface area contributed by atoms with E-state index in [1.165, 1.54) is 6.42 Å². The number of likely N-dealkylation sites (tertiary alicyclic amines) is 1. The highest BCUT2D eigenvalue weighted by Crippen LogP contribution is 2.26. The Morgan fingerprint density at radius 1 is 1.18 bits per heavy atom. The van der Waals surface area contributed by atoms with Crippen molar-refractivity contribution in [2.24, 2.45) is 5.41 Å². The van der Waals surface area contributed by atoms with Gasteiger partial charge >= 0.3 is 0 Å². The smallest absolute Gasteiger partial charge is 0.244 e. The lowest BCUT2D eigenvalue weighted by Gasteiger charge is -2.39. The first-order valence-corrected chi connectivity index (χ1v) is 8.10. The fraction of sp³-hybridized carbons (Fsp3) is 0.722. The van der Waals surface area contributed by atoms with E-state index in [1.54, 1.807) is 7.11 Å². The first-order chi connectivity index (χ1) is 10.1. The van der Waals surface area contributed by atoms with Crippen LogP contribution in [0.3, 0.4) is 0 Å². The Morgan fingerprint density at radius 2 is 1.73 bits per heavy atom. The summed E-state index contributed by atoms with van der Waals surface area (Å²) in [4.78, 5) is 14.9. The number of piperidine rings is 1. The van der Waals surface area contributed by atoms with E-state index >= 15 is 0 Å². The maximum atomic E-state index is 12.6. The monoisotopic (exact) mass is 310 g/mol. The molecule has 0 aromatic rings. The largest absolute Gasteiger partial charge is 0.500 e. The molecule has 0 unspecified atom stereocenters. The maximum Gasteiger partial charge on any atom is 0.244 e. The van der Waals surface area contributed by atoms with Crippen LogP contribution in [0.2, 0.25) is 0 Å². The average Bonchev–Trinajstić information content (AvgIpc) is 2.44. The molecule has 1 aliphatic heterocycles. The van der Waals surface area contributed by atoms with Crippen molar-refractivity contribution in [1.29, 1.82) is 0 Å². The van der Waals surface area contributed by atoms with Crippen LogP contribution in [-0.2, 0) is 9.53 Å². The van der Waals surface area contributed by atoms with Gasteiger partial charge in [0.2, 0.25) is 5.91 Å². The zero-order valence-electron chi connectivity index (χ0n) is 15.1. The van der Waals surface area contributed by atoms with Gasteiger partial charge in [0.1, 0.15) is 5.76 Å². The minimum atomic E-state index is -0.522. The van der Waals surface area contributed by atoms with Gasteiger partial charge in [-0.15, -0.1) is 0 Å². The molecule has 0 aromatic heterocycles. The predicted molar refractivity (Wildman–Crippen MR) is 93.4 cm³/mol. The summed E-state index contributed by atoms with van der Waals surface area (Å²) >= 11 is 0. The van der Waals surface area contributed by atoms with Crippen LogP contribution >= 0.6 is 0 Å². The molecule has 4 nitrogen and oxygen atoms in total.